The second-order valence-corrected chi connectivity index (χ2v) is 13.4. The van der Waals surface area contributed by atoms with Crippen LogP contribution in [0.3, 0.4) is 0 Å². The van der Waals surface area contributed by atoms with E-state index in [4.69, 9.17) is 39.5 Å². The normalized spacial score (nSPS) is 12.5. The van der Waals surface area contributed by atoms with E-state index in [1.807, 2.05) is 45.0 Å². The van der Waals surface area contributed by atoms with Crippen molar-refractivity contribution < 1.29 is 14.3 Å². The molecule has 0 spiro atoms. The fourth-order valence-corrected chi connectivity index (χ4v) is 5.58. The van der Waals surface area contributed by atoms with Gasteiger partial charge in [0, 0.05) is 27.8 Å². The molecule has 4 rings (SSSR count). The summed E-state index contributed by atoms with van der Waals surface area (Å²) in [5.41, 5.74) is 1.11. The number of halogens is 3. The molecule has 45 heavy (non-hydrogen) atoms. The van der Waals surface area contributed by atoms with Crippen LogP contribution in [0.15, 0.2) is 71.5 Å². The summed E-state index contributed by atoms with van der Waals surface area (Å²) in [6.07, 6.45) is 0.885. The number of anilines is 2. The van der Waals surface area contributed by atoms with E-state index in [0.717, 1.165) is 11.1 Å². The van der Waals surface area contributed by atoms with Gasteiger partial charge in [-0.05, 0) is 66.3 Å². The molecule has 1 aromatic heterocycles. The minimum absolute atomic E-state index is 0.0344. The van der Waals surface area contributed by atoms with E-state index >= 15 is 0 Å². The molecule has 2 amide bonds. The number of aromatic nitrogens is 2. The number of ether oxygens (including phenoxy) is 1. The van der Waals surface area contributed by atoms with Crippen LogP contribution >= 0.6 is 34.8 Å². The van der Waals surface area contributed by atoms with Crippen molar-refractivity contribution in [1.82, 2.24) is 9.78 Å². The Morgan fingerprint density at radius 2 is 1.53 bits per heavy atom. The zero-order valence-corrected chi connectivity index (χ0v) is 28.3. The fraction of sp³-hybridized carbons (Fsp3) is 0.324. The molecular weight excluding hydrogens is 635 g/mol. The highest BCUT2D eigenvalue weighted by Crippen LogP contribution is 2.33. The predicted octanol–water partition coefficient (Wildman–Crippen LogP) is 8.89. The summed E-state index contributed by atoms with van der Waals surface area (Å²) in [4.78, 5) is 39.4. The molecule has 0 radical (unpaired) electrons. The molecule has 0 saturated heterocycles. The Kier molecular flexibility index (Phi) is 10.4. The van der Waals surface area contributed by atoms with Crippen LogP contribution in [0.5, 0.6) is 5.75 Å². The maximum absolute atomic E-state index is 13.6. The first-order valence-electron chi connectivity index (χ1n) is 14.6. The Morgan fingerprint density at radius 1 is 0.889 bits per heavy atom. The smallest absolute Gasteiger partial charge is 0.273 e. The largest absolute Gasteiger partial charge is 0.480 e. The van der Waals surface area contributed by atoms with Crippen LogP contribution in [0, 0.1) is 5.41 Å². The Labute approximate surface area is 278 Å². The second-order valence-electron chi connectivity index (χ2n) is 12.2. The molecular formula is C34H37Cl3N4O4. The lowest BCUT2D eigenvalue weighted by molar-refractivity contribution is -0.127. The summed E-state index contributed by atoms with van der Waals surface area (Å²) in [5, 5.41) is 9.00. The Hall–Kier alpha value is -3.72. The van der Waals surface area contributed by atoms with Crippen LogP contribution in [0.4, 0.5) is 11.5 Å². The third kappa shape index (κ3) is 7.93. The molecule has 3 aromatic carbocycles. The number of nitrogens with zero attached hydrogens (tertiary/aromatic N) is 1. The molecule has 0 aliphatic heterocycles. The SMILES string of the molecule is CCC(C)(C)c1ccc(OC(C(=O)Nc2cccc(C(=O)Nc3cc(=O)n(-c4c(Cl)cc(Cl)cc4Cl)[nH]3)c2)C(C)(C)CC)cc1. The lowest BCUT2D eigenvalue weighted by Gasteiger charge is -2.33. The van der Waals surface area contributed by atoms with Crippen LogP contribution in [0.2, 0.25) is 15.1 Å². The van der Waals surface area contributed by atoms with Crippen LogP contribution in [0.1, 0.15) is 70.3 Å². The quantitative estimate of drug-likeness (QED) is 0.148. The number of H-pyrrole nitrogens is 1. The van der Waals surface area contributed by atoms with Gasteiger partial charge in [0.05, 0.1) is 10.0 Å². The number of carbonyl (C=O) groups excluding carboxylic acids is 2. The van der Waals surface area contributed by atoms with Crippen molar-refractivity contribution in [3.05, 3.63) is 103 Å². The average Bonchev–Trinajstić information content (AvgIpc) is 3.34. The van der Waals surface area contributed by atoms with Crippen molar-refractivity contribution in [1.29, 1.82) is 0 Å². The highest BCUT2D eigenvalue weighted by molar-refractivity contribution is 6.40. The van der Waals surface area contributed by atoms with E-state index in [1.54, 1.807) is 24.3 Å². The topological polar surface area (TPSA) is 105 Å². The number of nitrogens with one attached hydrogen (secondary N) is 3. The van der Waals surface area contributed by atoms with Gasteiger partial charge in [-0.2, -0.15) is 0 Å². The molecule has 0 bridgehead atoms. The standard InChI is InChI=1S/C34H37Cl3N4O4/c1-7-33(3,4)21-12-14-24(15-13-21)45-30(34(5,6)8-2)32(44)38-23-11-9-10-20(16-23)31(43)39-27-19-28(42)41(40-27)29-25(36)17-22(35)18-26(29)37/h9-19,30,40H,7-8H2,1-6H3,(H,38,44)(H,39,43). The minimum atomic E-state index is -0.804. The second kappa shape index (κ2) is 13.7. The number of carbonyl (C=O) groups is 2. The summed E-state index contributed by atoms with van der Waals surface area (Å²) in [6, 6.07) is 18.5. The lowest BCUT2D eigenvalue weighted by atomic mass is 9.82. The van der Waals surface area contributed by atoms with Gasteiger partial charge in [-0.15, -0.1) is 0 Å². The number of amides is 2. The number of benzene rings is 3. The number of aromatic amines is 1. The van der Waals surface area contributed by atoms with E-state index in [2.05, 4.69) is 36.5 Å². The van der Waals surface area contributed by atoms with Gasteiger partial charge in [-0.25, -0.2) is 4.68 Å². The molecule has 1 atom stereocenters. The third-order valence-corrected chi connectivity index (χ3v) is 8.99. The number of hydrogen-bond donors (Lipinski definition) is 3. The van der Waals surface area contributed by atoms with E-state index in [0.29, 0.717) is 22.9 Å². The molecule has 3 N–H and O–H groups in total. The summed E-state index contributed by atoms with van der Waals surface area (Å²) in [7, 11) is 0. The molecule has 8 nitrogen and oxygen atoms in total. The fourth-order valence-electron chi connectivity index (χ4n) is 4.59. The van der Waals surface area contributed by atoms with Crippen molar-refractivity contribution in [3.8, 4) is 11.4 Å². The van der Waals surface area contributed by atoms with E-state index in [9.17, 15) is 14.4 Å². The van der Waals surface area contributed by atoms with Crippen LogP contribution in [-0.2, 0) is 10.2 Å². The molecule has 1 unspecified atom stereocenters. The maximum atomic E-state index is 13.6. The molecule has 0 saturated carbocycles. The van der Waals surface area contributed by atoms with Gasteiger partial charge in [-0.3, -0.25) is 19.5 Å². The Bertz CT molecular complexity index is 1740. The summed E-state index contributed by atoms with van der Waals surface area (Å²) in [5.74, 6) is -0.129. The number of rotatable bonds is 11. The Morgan fingerprint density at radius 3 is 2.13 bits per heavy atom. The van der Waals surface area contributed by atoms with Crippen molar-refractivity contribution in [2.45, 2.75) is 65.9 Å². The van der Waals surface area contributed by atoms with Crippen molar-refractivity contribution >= 4 is 58.1 Å². The summed E-state index contributed by atoms with van der Waals surface area (Å²) >= 11 is 18.5. The zero-order chi connectivity index (χ0) is 33.1. The Balaban J connectivity index is 1.50. The highest BCUT2D eigenvalue weighted by atomic mass is 35.5. The molecule has 238 valence electrons. The third-order valence-electron chi connectivity index (χ3n) is 8.20. The maximum Gasteiger partial charge on any atom is 0.273 e. The van der Waals surface area contributed by atoms with Crippen molar-refractivity contribution in [2.75, 3.05) is 10.6 Å². The van der Waals surface area contributed by atoms with E-state index in [1.165, 1.54) is 23.8 Å². The van der Waals surface area contributed by atoms with Gasteiger partial charge < -0.3 is 15.4 Å². The predicted molar refractivity (Wildman–Crippen MR) is 183 cm³/mol. The highest BCUT2D eigenvalue weighted by Gasteiger charge is 2.36. The molecule has 0 fully saturated rings. The van der Waals surface area contributed by atoms with Gasteiger partial charge in [0.1, 0.15) is 17.3 Å². The zero-order valence-electron chi connectivity index (χ0n) is 26.1. The molecule has 4 aromatic rings. The van der Waals surface area contributed by atoms with Gasteiger partial charge in [0.15, 0.2) is 6.10 Å². The first-order chi connectivity index (χ1) is 21.1. The van der Waals surface area contributed by atoms with Crippen LogP contribution < -0.4 is 20.9 Å². The first kappa shape index (κ1) is 34.2. The minimum Gasteiger partial charge on any atom is -0.480 e. The molecule has 0 aliphatic carbocycles. The summed E-state index contributed by atoms with van der Waals surface area (Å²) in [6.45, 7) is 12.5. The first-order valence-corrected chi connectivity index (χ1v) is 15.7. The van der Waals surface area contributed by atoms with E-state index in [-0.39, 0.29) is 38.4 Å². The van der Waals surface area contributed by atoms with Crippen molar-refractivity contribution in [2.24, 2.45) is 5.41 Å². The van der Waals surface area contributed by atoms with Crippen LogP contribution in [-0.4, -0.2) is 27.7 Å². The van der Waals surface area contributed by atoms with Crippen molar-refractivity contribution in [3.63, 3.8) is 0 Å². The van der Waals surface area contributed by atoms with Gasteiger partial charge in [-0.1, -0.05) is 94.5 Å². The van der Waals surface area contributed by atoms with Gasteiger partial charge in [0.2, 0.25) is 0 Å². The van der Waals surface area contributed by atoms with Gasteiger partial charge in [0.25, 0.3) is 17.4 Å². The average molecular weight is 672 g/mol. The molecule has 0 aliphatic rings. The molecule has 1 heterocycles. The lowest BCUT2D eigenvalue weighted by Crippen LogP contribution is -2.44. The molecule has 11 heteroatoms. The van der Waals surface area contributed by atoms with Crippen LogP contribution in [0.25, 0.3) is 5.69 Å². The monoisotopic (exact) mass is 670 g/mol. The van der Waals surface area contributed by atoms with Gasteiger partial charge >= 0.3 is 0 Å². The summed E-state index contributed by atoms with van der Waals surface area (Å²) < 4.78 is 7.39. The number of hydrogen-bond acceptors (Lipinski definition) is 4. The van der Waals surface area contributed by atoms with E-state index < -0.39 is 23.0 Å².